The van der Waals surface area contributed by atoms with E-state index in [0.717, 1.165) is 34.2 Å². The second-order valence-corrected chi connectivity index (χ2v) is 6.85. The number of anilines is 1. The quantitative estimate of drug-likeness (QED) is 0.379. The molecule has 0 saturated heterocycles. The summed E-state index contributed by atoms with van der Waals surface area (Å²) >= 11 is 0. The molecule has 1 aliphatic heterocycles. The fourth-order valence-electron chi connectivity index (χ4n) is 3.79. The van der Waals surface area contributed by atoms with Gasteiger partial charge in [-0.1, -0.05) is 37.3 Å². The van der Waals surface area contributed by atoms with Gasteiger partial charge >= 0.3 is 5.63 Å². The summed E-state index contributed by atoms with van der Waals surface area (Å²) in [6.07, 6.45) is 0.989. The van der Waals surface area contributed by atoms with Crippen LogP contribution >= 0.6 is 0 Å². The zero-order valence-electron chi connectivity index (χ0n) is 15.1. The van der Waals surface area contributed by atoms with Crippen LogP contribution in [0.1, 0.15) is 18.1 Å². The van der Waals surface area contributed by atoms with E-state index in [9.17, 15) is 4.79 Å². The van der Waals surface area contributed by atoms with E-state index < -0.39 is 0 Å². The Balaban J connectivity index is 1.67. The first-order valence-corrected chi connectivity index (χ1v) is 9.18. The highest BCUT2D eigenvalue weighted by atomic mass is 16.5. The first-order chi connectivity index (χ1) is 13.2. The lowest BCUT2D eigenvalue weighted by atomic mass is 10.0. The van der Waals surface area contributed by atoms with Crippen molar-refractivity contribution in [3.05, 3.63) is 82.2 Å². The normalized spacial score (nSPS) is 13.6. The minimum Gasteiger partial charge on any atom is -0.473 e. The molecule has 0 N–H and O–H groups in total. The van der Waals surface area contributed by atoms with Crippen molar-refractivity contribution in [1.82, 2.24) is 0 Å². The Morgan fingerprint density at radius 3 is 2.67 bits per heavy atom. The molecule has 1 aliphatic rings. The van der Waals surface area contributed by atoms with E-state index >= 15 is 0 Å². The summed E-state index contributed by atoms with van der Waals surface area (Å²) in [6, 6.07) is 20.0. The minimum absolute atomic E-state index is 0.309. The molecule has 5 rings (SSSR count). The SMILES string of the molecule is CCc1cccc(N2COc3ccc4c(oc(=O)c5ccccc54)c3C2)c1. The van der Waals surface area contributed by atoms with E-state index in [1.165, 1.54) is 5.56 Å². The van der Waals surface area contributed by atoms with Crippen LogP contribution in [0.25, 0.3) is 21.7 Å². The average molecular weight is 357 g/mol. The minimum atomic E-state index is -0.309. The van der Waals surface area contributed by atoms with Crippen molar-refractivity contribution in [2.45, 2.75) is 19.9 Å². The fourth-order valence-corrected chi connectivity index (χ4v) is 3.79. The van der Waals surface area contributed by atoms with Crippen LogP contribution in [-0.2, 0) is 13.0 Å². The number of hydrogen-bond donors (Lipinski definition) is 0. The van der Waals surface area contributed by atoms with Crippen LogP contribution in [-0.4, -0.2) is 6.73 Å². The maximum Gasteiger partial charge on any atom is 0.344 e. The van der Waals surface area contributed by atoms with Crippen LogP contribution in [0, 0.1) is 0 Å². The van der Waals surface area contributed by atoms with Gasteiger partial charge in [-0.25, -0.2) is 4.79 Å². The molecule has 0 fully saturated rings. The number of hydrogen-bond acceptors (Lipinski definition) is 4. The second kappa shape index (κ2) is 6.16. The molecule has 4 aromatic rings. The topological polar surface area (TPSA) is 42.7 Å². The highest BCUT2D eigenvalue weighted by molar-refractivity contribution is 6.05. The summed E-state index contributed by atoms with van der Waals surface area (Å²) < 4.78 is 11.7. The lowest BCUT2D eigenvalue weighted by Gasteiger charge is -2.31. The Labute approximate surface area is 156 Å². The molecule has 0 radical (unpaired) electrons. The Hall–Kier alpha value is -3.27. The predicted octanol–water partition coefficient (Wildman–Crippen LogP) is 4.87. The number of fused-ring (bicyclic) bond motifs is 5. The summed E-state index contributed by atoms with van der Waals surface area (Å²) in [5.74, 6) is 0.781. The smallest absolute Gasteiger partial charge is 0.344 e. The van der Waals surface area contributed by atoms with Crippen LogP contribution in [0.2, 0.25) is 0 Å². The summed E-state index contributed by atoms with van der Waals surface area (Å²) in [4.78, 5) is 14.7. The van der Waals surface area contributed by atoms with Gasteiger partial charge in [0.1, 0.15) is 11.3 Å². The third-order valence-corrected chi connectivity index (χ3v) is 5.26. The van der Waals surface area contributed by atoms with Gasteiger partial charge in [0.2, 0.25) is 0 Å². The van der Waals surface area contributed by atoms with Gasteiger partial charge in [-0.15, -0.1) is 0 Å². The lowest BCUT2D eigenvalue weighted by molar-refractivity contribution is 0.289. The van der Waals surface area contributed by atoms with E-state index in [2.05, 4.69) is 36.1 Å². The summed E-state index contributed by atoms with van der Waals surface area (Å²) in [6.45, 7) is 3.26. The van der Waals surface area contributed by atoms with Gasteiger partial charge in [0.05, 0.1) is 17.5 Å². The Morgan fingerprint density at radius 1 is 0.963 bits per heavy atom. The number of benzene rings is 3. The lowest BCUT2D eigenvalue weighted by Crippen LogP contribution is -2.32. The van der Waals surface area contributed by atoms with Crippen LogP contribution < -0.4 is 15.3 Å². The predicted molar refractivity (Wildman–Crippen MR) is 107 cm³/mol. The molecular weight excluding hydrogens is 338 g/mol. The van der Waals surface area contributed by atoms with Gasteiger partial charge < -0.3 is 14.1 Å². The van der Waals surface area contributed by atoms with Crippen LogP contribution in [0.4, 0.5) is 5.69 Å². The zero-order chi connectivity index (χ0) is 18.4. The molecule has 2 heterocycles. The van der Waals surface area contributed by atoms with Gasteiger partial charge in [0, 0.05) is 11.1 Å². The van der Waals surface area contributed by atoms with E-state index in [0.29, 0.717) is 24.2 Å². The van der Waals surface area contributed by atoms with Crippen LogP contribution in [0.3, 0.4) is 0 Å². The van der Waals surface area contributed by atoms with Crippen LogP contribution in [0.5, 0.6) is 5.75 Å². The van der Waals surface area contributed by atoms with Crippen molar-refractivity contribution in [3.63, 3.8) is 0 Å². The van der Waals surface area contributed by atoms with Gasteiger partial charge in [0.25, 0.3) is 0 Å². The summed E-state index contributed by atoms with van der Waals surface area (Å²) in [5, 5.41) is 2.46. The zero-order valence-corrected chi connectivity index (χ0v) is 15.1. The molecule has 4 nitrogen and oxygen atoms in total. The van der Waals surface area contributed by atoms with Crippen molar-refractivity contribution in [2.75, 3.05) is 11.6 Å². The molecule has 0 atom stereocenters. The molecule has 134 valence electrons. The van der Waals surface area contributed by atoms with Gasteiger partial charge in [0.15, 0.2) is 6.73 Å². The first kappa shape index (κ1) is 15.9. The molecule has 1 aromatic heterocycles. The molecule has 0 bridgehead atoms. The van der Waals surface area contributed by atoms with E-state index in [1.807, 2.05) is 30.3 Å². The molecular formula is C23H19NO3. The highest BCUT2D eigenvalue weighted by Gasteiger charge is 2.23. The number of rotatable bonds is 2. The van der Waals surface area contributed by atoms with E-state index in [1.54, 1.807) is 6.07 Å². The fraction of sp³-hybridized carbons (Fsp3) is 0.174. The number of ether oxygens (including phenoxy) is 1. The summed E-state index contributed by atoms with van der Waals surface area (Å²) in [5.41, 5.74) is 3.63. The summed E-state index contributed by atoms with van der Waals surface area (Å²) in [7, 11) is 0. The molecule has 0 spiro atoms. The molecule has 0 unspecified atom stereocenters. The maximum absolute atomic E-state index is 12.5. The monoisotopic (exact) mass is 357 g/mol. The van der Waals surface area contributed by atoms with Gasteiger partial charge in [-0.05, 0) is 47.7 Å². The Kier molecular flexibility index (Phi) is 3.64. The molecule has 0 amide bonds. The first-order valence-electron chi connectivity index (χ1n) is 9.18. The average Bonchev–Trinajstić information content (AvgIpc) is 2.73. The highest BCUT2D eigenvalue weighted by Crippen LogP contribution is 2.36. The largest absolute Gasteiger partial charge is 0.473 e. The molecule has 4 heteroatoms. The van der Waals surface area contributed by atoms with Crippen LogP contribution in [0.15, 0.2) is 69.9 Å². The third kappa shape index (κ3) is 2.56. The molecule has 0 saturated carbocycles. The van der Waals surface area contributed by atoms with Crippen molar-refractivity contribution in [1.29, 1.82) is 0 Å². The Morgan fingerprint density at radius 2 is 1.81 bits per heavy atom. The Bertz CT molecular complexity index is 1230. The molecule has 0 aliphatic carbocycles. The van der Waals surface area contributed by atoms with Gasteiger partial charge in [-0.3, -0.25) is 0 Å². The standard InChI is InChI=1S/C23H19NO3/c1-2-15-6-5-7-16(12-15)24-13-20-21(26-14-24)11-10-18-17-8-3-4-9-19(17)23(25)27-22(18)20/h3-12H,2,13-14H2,1H3. The van der Waals surface area contributed by atoms with E-state index in [-0.39, 0.29) is 5.63 Å². The van der Waals surface area contributed by atoms with Gasteiger partial charge in [-0.2, -0.15) is 0 Å². The molecule has 3 aromatic carbocycles. The van der Waals surface area contributed by atoms with Crippen molar-refractivity contribution >= 4 is 27.4 Å². The molecule has 27 heavy (non-hydrogen) atoms. The second-order valence-electron chi connectivity index (χ2n) is 6.85. The number of aryl methyl sites for hydroxylation is 1. The van der Waals surface area contributed by atoms with E-state index in [4.69, 9.17) is 9.15 Å². The third-order valence-electron chi connectivity index (χ3n) is 5.26. The van der Waals surface area contributed by atoms with Crippen molar-refractivity contribution < 1.29 is 9.15 Å². The van der Waals surface area contributed by atoms with Crippen molar-refractivity contribution in [2.24, 2.45) is 0 Å². The maximum atomic E-state index is 12.5. The number of nitrogens with zero attached hydrogens (tertiary/aromatic N) is 1. The van der Waals surface area contributed by atoms with Crippen molar-refractivity contribution in [3.8, 4) is 5.75 Å².